The Morgan fingerprint density at radius 1 is 1.30 bits per heavy atom. The molecule has 1 unspecified atom stereocenters. The number of anilines is 2. The highest BCUT2D eigenvalue weighted by atomic mass is 16.1. The van der Waals surface area contributed by atoms with Gasteiger partial charge in [0.15, 0.2) is 5.82 Å². The Bertz CT molecular complexity index is 989. The second-order valence-electron chi connectivity index (χ2n) is 6.87. The Kier molecular flexibility index (Phi) is 4.35. The third kappa shape index (κ3) is 3.27. The molecule has 1 aliphatic rings. The summed E-state index contributed by atoms with van der Waals surface area (Å²) >= 11 is 0. The molecule has 1 atom stereocenters. The van der Waals surface area contributed by atoms with Gasteiger partial charge in [0.2, 0.25) is 0 Å². The van der Waals surface area contributed by atoms with Crippen LogP contribution < -0.4 is 10.6 Å². The Morgan fingerprint density at radius 3 is 2.96 bits per heavy atom. The molecule has 1 amide bonds. The first-order chi connectivity index (χ1) is 13.0. The Labute approximate surface area is 156 Å². The zero-order valence-corrected chi connectivity index (χ0v) is 15.6. The minimum absolute atomic E-state index is 0.186. The Morgan fingerprint density at radius 2 is 2.15 bits per heavy atom. The summed E-state index contributed by atoms with van der Waals surface area (Å²) in [6.07, 6.45) is 5.06. The average molecular weight is 366 g/mol. The largest absolute Gasteiger partial charge is 0.373 e. The van der Waals surface area contributed by atoms with Crippen molar-refractivity contribution in [3.63, 3.8) is 0 Å². The molecule has 0 saturated heterocycles. The summed E-state index contributed by atoms with van der Waals surface area (Å²) in [5, 5.41) is 14.8. The van der Waals surface area contributed by atoms with Gasteiger partial charge in [0.1, 0.15) is 18.0 Å². The SMILES string of the molecule is CNc1cc(-n2nc(C)cc2NC(=O)c2cnn3c2CC(C)CC3)ncn1. The molecule has 0 fully saturated rings. The van der Waals surface area contributed by atoms with Crippen LogP contribution in [0, 0.1) is 12.8 Å². The molecule has 0 aromatic carbocycles. The van der Waals surface area contributed by atoms with E-state index in [0.29, 0.717) is 28.9 Å². The van der Waals surface area contributed by atoms with Crippen molar-refractivity contribution in [2.45, 2.75) is 33.2 Å². The summed E-state index contributed by atoms with van der Waals surface area (Å²) in [6, 6.07) is 3.59. The third-order valence-corrected chi connectivity index (χ3v) is 4.77. The van der Waals surface area contributed by atoms with Gasteiger partial charge in [0.25, 0.3) is 5.91 Å². The van der Waals surface area contributed by atoms with E-state index in [4.69, 9.17) is 0 Å². The number of fused-ring (bicyclic) bond motifs is 1. The van der Waals surface area contributed by atoms with Gasteiger partial charge >= 0.3 is 0 Å². The summed E-state index contributed by atoms with van der Waals surface area (Å²) < 4.78 is 3.54. The topological polar surface area (TPSA) is 103 Å². The van der Waals surface area contributed by atoms with Crippen LogP contribution >= 0.6 is 0 Å². The predicted molar refractivity (Wildman–Crippen MR) is 101 cm³/mol. The predicted octanol–water partition coefficient (Wildman–Crippen LogP) is 2.04. The van der Waals surface area contributed by atoms with Gasteiger partial charge < -0.3 is 10.6 Å². The van der Waals surface area contributed by atoms with E-state index in [9.17, 15) is 4.79 Å². The molecule has 9 nitrogen and oxygen atoms in total. The highest BCUT2D eigenvalue weighted by Crippen LogP contribution is 2.24. The van der Waals surface area contributed by atoms with Crippen LogP contribution in [0.15, 0.2) is 24.7 Å². The Balaban J connectivity index is 1.64. The van der Waals surface area contributed by atoms with E-state index in [2.05, 4.69) is 37.7 Å². The molecule has 4 rings (SSSR count). The van der Waals surface area contributed by atoms with E-state index in [1.54, 1.807) is 24.0 Å². The molecule has 4 heterocycles. The molecule has 3 aromatic heterocycles. The van der Waals surface area contributed by atoms with Gasteiger partial charge in [-0.15, -0.1) is 0 Å². The second kappa shape index (κ2) is 6.82. The van der Waals surface area contributed by atoms with Crippen molar-refractivity contribution < 1.29 is 4.79 Å². The minimum atomic E-state index is -0.186. The molecule has 3 aromatic rings. The molecule has 0 spiro atoms. The van der Waals surface area contributed by atoms with E-state index in [0.717, 1.165) is 30.8 Å². The monoisotopic (exact) mass is 366 g/mol. The van der Waals surface area contributed by atoms with Crippen LogP contribution in [-0.2, 0) is 13.0 Å². The number of rotatable bonds is 4. The third-order valence-electron chi connectivity index (χ3n) is 4.77. The van der Waals surface area contributed by atoms with Crippen molar-refractivity contribution in [3.8, 4) is 5.82 Å². The quantitative estimate of drug-likeness (QED) is 0.732. The molecule has 2 N–H and O–H groups in total. The van der Waals surface area contributed by atoms with Crippen LogP contribution in [0.25, 0.3) is 5.82 Å². The fourth-order valence-corrected chi connectivity index (χ4v) is 3.33. The van der Waals surface area contributed by atoms with Gasteiger partial charge in [-0.3, -0.25) is 9.48 Å². The van der Waals surface area contributed by atoms with Crippen molar-refractivity contribution in [2.75, 3.05) is 17.7 Å². The molecular weight excluding hydrogens is 344 g/mol. The summed E-state index contributed by atoms with van der Waals surface area (Å²) in [6.45, 7) is 4.93. The highest BCUT2D eigenvalue weighted by Gasteiger charge is 2.24. The van der Waals surface area contributed by atoms with Crippen molar-refractivity contribution >= 4 is 17.5 Å². The summed E-state index contributed by atoms with van der Waals surface area (Å²) in [7, 11) is 1.79. The van der Waals surface area contributed by atoms with Crippen LogP contribution in [0.4, 0.5) is 11.6 Å². The van der Waals surface area contributed by atoms with Crippen LogP contribution in [0.2, 0.25) is 0 Å². The zero-order valence-electron chi connectivity index (χ0n) is 15.6. The summed E-state index contributed by atoms with van der Waals surface area (Å²) in [5.41, 5.74) is 2.39. The number of nitrogens with one attached hydrogen (secondary N) is 2. The van der Waals surface area contributed by atoms with E-state index in [1.165, 1.54) is 6.33 Å². The van der Waals surface area contributed by atoms with E-state index in [1.807, 2.05) is 17.7 Å². The number of aromatic nitrogens is 6. The van der Waals surface area contributed by atoms with E-state index < -0.39 is 0 Å². The molecule has 0 saturated carbocycles. The van der Waals surface area contributed by atoms with Crippen molar-refractivity contribution in [1.82, 2.24) is 29.5 Å². The minimum Gasteiger partial charge on any atom is -0.373 e. The molecular formula is C18H22N8O. The molecule has 0 aliphatic carbocycles. The summed E-state index contributed by atoms with van der Waals surface area (Å²) in [4.78, 5) is 21.3. The molecule has 1 aliphatic heterocycles. The molecule has 27 heavy (non-hydrogen) atoms. The normalized spacial score (nSPS) is 16.0. The van der Waals surface area contributed by atoms with Gasteiger partial charge in [-0.25, -0.2) is 9.97 Å². The zero-order chi connectivity index (χ0) is 19.0. The van der Waals surface area contributed by atoms with Gasteiger partial charge in [-0.1, -0.05) is 6.92 Å². The van der Waals surface area contributed by atoms with Crippen LogP contribution in [-0.4, -0.2) is 42.5 Å². The van der Waals surface area contributed by atoms with Gasteiger partial charge in [-0.05, 0) is 25.7 Å². The summed E-state index contributed by atoms with van der Waals surface area (Å²) in [5.74, 6) is 2.17. The Hall–Kier alpha value is -3.23. The maximum Gasteiger partial charge on any atom is 0.260 e. The number of amides is 1. The standard InChI is InChI=1S/C18H22N8O/c1-11-4-5-25-14(6-11)13(9-22-25)18(27)23-17-7-12(2)24-26(17)16-8-15(19-3)20-10-21-16/h7-11H,4-6H2,1-3H3,(H,23,27)(H,19,20,21). The number of carbonyl (C=O) groups excluding carboxylic acids is 1. The van der Waals surface area contributed by atoms with E-state index >= 15 is 0 Å². The van der Waals surface area contributed by atoms with Crippen molar-refractivity contribution in [3.05, 3.63) is 41.6 Å². The fourth-order valence-electron chi connectivity index (χ4n) is 3.33. The van der Waals surface area contributed by atoms with Crippen molar-refractivity contribution in [1.29, 1.82) is 0 Å². The first-order valence-electron chi connectivity index (χ1n) is 8.98. The highest BCUT2D eigenvalue weighted by molar-refractivity contribution is 6.04. The maximum atomic E-state index is 12.9. The lowest BCUT2D eigenvalue weighted by Gasteiger charge is -2.20. The van der Waals surface area contributed by atoms with Crippen LogP contribution in [0.5, 0.6) is 0 Å². The number of aryl methyl sites for hydroxylation is 2. The lowest BCUT2D eigenvalue weighted by Crippen LogP contribution is -2.22. The van der Waals surface area contributed by atoms with Crippen LogP contribution in [0.1, 0.15) is 35.1 Å². The first kappa shape index (κ1) is 17.2. The number of carbonyl (C=O) groups is 1. The second-order valence-corrected chi connectivity index (χ2v) is 6.87. The molecule has 0 bridgehead atoms. The maximum absolute atomic E-state index is 12.9. The van der Waals surface area contributed by atoms with Crippen molar-refractivity contribution in [2.24, 2.45) is 5.92 Å². The van der Waals surface area contributed by atoms with Gasteiger partial charge in [0, 0.05) is 25.7 Å². The van der Waals surface area contributed by atoms with Gasteiger partial charge in [-0.2, -0.15) is 14.9 Å². The van der Waals surface area contributed by atoms with E-state index in [-0.39, 0.29) is 5.91 Å². The lowest BCUT2D eigenvalue weighted by molar-refractivity contribution is 0.102. The number of hydrogen-bond acceptors (Lipinski definition) is 6. The average Bonchev–Trinajstić information content (AvgIpc) is 3.24. The molecule has 9 heteroatoms. The first-order valence-corrected chi connectivity index (χ1v) is 8.98. The molecule has 0 radical (unpaired) electrons. The molecule has 140 valence electrons. The lowest BCUT2D eigenvalue weighted by atomic mass is 9.96. The smallest absolute Gasteiger partial charge is 0.260 e. The number of nitrogens with zero attached hydrogens (tertiary/aromatic N) is 6. The van der Waals surface area contributed by atoms with Crippen LogP contribution in [0.3, 0.4) is 0 Å². The van der Waals surface area contributed by atoms with Gasteiger partial charge in [0.05, 0.1) is 23.1 Å². The fraction of sp³-hybridized carbons (Fsp3) is 0.389. The number of hydrogen-bond donors (Lipinski definition) is 2.